The van der Waals surface area contributed by atoms with Gasteiger partial charge >= 0.3 is 12.0 Å². The number of amides is 4. The highest BCUT2D eigenvalue weighted by atomic mass is 16.5. The lowest BCUT2D eigenvalue weighted by atomic mass is 9.82. The van der Waals surface area contributed by atoms with E-state index in [9.17, 15) is 24.3 Å². The molecule has 3 rings (SSSR count). The molecule has 150 valence electrons. The quantitative estimate of drug-likeness (QED) is 0.500. The van der Waals surface area contributed by atoms with Crippen LogP contribution in [0.1, 0.15) is 42.5 Å². The largest absolute Gasteiger partial charge is 0.504 e. The van der Waals surface area contributed by atoms with Crippen molar-refractivity contribution in [2.75, 3.05) is 13.7 Å². The van der Waals surface area contributed by atoms with Crippen LogP contribution in [0.4, 0.5) is 4.79 Å². The second kappa shape index (κ2) is 7.75. The summed E-state index contributed by atoms with van der Waals surface area (Å²) >= 11 is 0. The molecule has 2 aliphatic rings. The van der Waals surface area contributed by atoms with Crippen LogP contribution in [-0.4, -0.2) is 53.2 Å². The van der Waals surface area contributed by atoms with E-state index < -0.39 is 41.7 Å². The molecular formula is C18H21N3O7. The van der Waals surface area contributed by atoms with E-state index in [1.807, 2.05) is 0 Å². The molecule has 1 spiro atoms. The fraction of sp³-hybridized carbons (Fsp3) is 0.444. The number of hydrogen-bond acceptors (Lipinski definition) is 7. The van der Waals surface area contributed by atoms with Crippen molar-refractivity contribution in [3.05, 3.63) is 23.8 Å². The SMILES string of the molecule is COc1cccc(C(=O)OCC(=O)NN2C(=O)NC3(CCCCC3)C2=O)c1O. The standard InChI is InChI=1S/C18H21N3O7/c1-27-12-7-5-6-11(14(12)23)15(24)28-10-13(22)20-21-16(25)18(19-17(21)26)8-3-2-4-9-18/h5-7,23H,2-4,8-10H2,1H3,(H,19,26)(H,20,22). The topological polar surface area (TPSA) is 134 Å². The lowest BCUT2D eigenvalue weighted by Gasteiger charge is -2.30. The van der Waals surface area contributed by atoms with Crippen molar-refractivity contribution < 1.29 is 33.8 Å². The maximum atomic E-state index is 12.6. The number of ether oxygens (including phenoxy) is 2. The van der Waals surface area contributed by atoms with Gasteiger partial charge in [-0.2, -0.15) is 5.01 Å². The molecule has 1 saturated heterocycles. The number of esters is 1. The summed E-state index contributed by atoms with van der Waals surface area (Å²) in [6, 6.07) is 3.53. The van der Waals surface area contributed by atoms with Gasteiger partial charge in [0.25, 0.3) is 11.8 Å². The van der Waals surface area contributed by atoms with Crippen molar-refractivity contribution in [3.8, 4) is 11.5 Å². The van der Waals surface area contributed by atoms with E-state index in [4.69, 9.17) is 9.47 Å². The smallest absolute Gasteiger partial charge is 0.344 e. The molecule has 10 heteroatoms. The zero-order valence-corrected chi connectivity index (χ0v) is 15.3. The number of nitrogens with one attached hydrogen (secondary N) is 2. The van der Waals surface area contributed by atoms with Crippen LogP contribution in [0.3, 0.4) is 0 Å². The van der Waals surface area contributed by atoms with Gasteiger partial charge in [0.15, 0.2) is 18.1 Å². The van der Waals surface area contributed by atoms with Crippen molar-refractivity contribution in [3.63, 3.8) is 0 Å². The number of methoxy groups -OCH3 is 1. The first-order valence-corrected chi connectivity index (χ1v) is 8.87. The van der Waals surface area contributed by atoms with Gasteiger partial charge in [0.05, 0.1) is 7.11 Å². The number of nitrogens with zero attached hydrogens (tertiary/aromatic N) is 1. The Morgan fingerprint density at radius 2 is 1.96 bits per heavy atom. The fourth-order valence-electron chi connectivity index (χ4n) is 3.43. The molecule has 0 unspecified atom stereocenters. The average molecular weight is 391 g/mol. The molecule has 0 bridgehead atoms. The lowest BCUT2D eigenvalue weighted by molar-refractivity contribution is -0.140. The molecule has 2 fully saturated rings. The van der Waals surface area contributed by atoms with Gasteiger partial charge in [-0.15, -0.1) is 0 Å². The van der Waals surface area contributed by atoms with E-state index >= 15 is 0 Å². The molecule has 28 heavy (non-hydrogen) atoms. The van der Waals surface area contributed by atoms with Crippen LogP contribution in [0.25, 0.3) is 0 Å². The summed E-state index contributed by atoms with van der Waals surface area (Å²) in [6.07, 6.45) is 3.66. The number of para-hydroxylation sites is 1. The third kappa shape index (κ3) is 3.57. The molecule has 1 aliphatic heterocycles. The second-order valence-electron chi connectivity index (χ2n) is 6.68. The monoisotopic (exact) mass is 391 g/mol. The Kier molecular flexibility index (Phi) is 5.39. The normalized spacial score (nSPS) is 18.0. The maximum absolute atomic E-state index is 12.6. The molecule has 4 amide bonds. The molecule has 1 saturated carbocycles. The first kappa shape index (κ1) is 19.5. The Morgan fingerprint density at radius 1 is 1.25 bits per heavy atom. The van der Waals surface area contributed by atoms with Gasteiger partial charge in [-0.1, -0.05) is 25.3 Å². The Bertz CT molecular complexity index is 817. The highest BCUT2D eigenvalue weighted by Crippen LogP contribution is 2.33. The molecule has 10 nitrogen and oxygen atoms in total. The van der Waals surface area contributed by atoms with Crippen LogP contribution in [0.5, 0.6) is 11.5 Å². The summed E-state index contributed by atoms with van der Waals surface area (Å²) in [4.78, 5) is 48.8. The van der Waals surface area contributed by atoms with Gasteiger partial charge in [0.1, 0.15) is 11.1 Å². The zero-order valence-electron chi connectivity index (χ0n) is 15.3. The van der Waals surface area contributed by atoms with Gasteiger partial charge < -0.3 is 19.9 Å². The minimum atomic E-state index is -0.967. The van der Waals surface area contributed by atoms with E-state index in [1.54, 1.807) is 0 Å². The Hall–Kier alpha value is -3.30. The van der Waals surface area contributed by atoms with Crippen molar-refractivity contribution in [1.82, 2.24) is 15.8 Å². The van der Waals surface area contributed by atoms with Crippen molar-refractivity contribution in [2.24, 2.45) is 0 Å². The van der Waals surface area contributed by atoms with Crippen molar-refractivity contribution in [1.29, 1.82) is 0 Å². The number of aromatic hydroxyl groups is 1. The molecule has 1 aromatic rings. The number of hydrazine groups is 1. The molecular weight excluding hydrogens is 370 g/mol. The Morgan fingerprint density at radius 3 is 2.64 bits per heavy atom. The number of carbonyl (C=O) groups excluding carboxylic acids is 4. The summed E-state index contributed by atoms with van der Waals surface area (Å²) in [7, 11) is 1.33. The van der Waals surface area contributed by atoms with Crippen LogP contribution < -0.4 is 15.5 Å². The van der Waals surface area contributed by atoms with E-state index in [1.165, 1.54) is 25.3 Å². The van der Waals surface area contributed by atoms with E-state index in [0.717, 1.165) is 19.3 Å². The van der Waals surface area contributed by atoms with Gasteiger partial charge in [-0.25, -0.2) is 9.59 Å². The van der Waals surface area contributed by atoms with Gasteiger partial charge in [-0.05, 0) is 25.0 Å². The molecule has 0 aromatic heterocycles. The van der Waals surface area contributed by atoms with Gasteiger partial charge in [0.2, 0.25) is 0 Å². The molecule has 0 atom stereocenters. The van der Waals surface area contributed by atoms with Gasteiger partial charge in [-0.3, -0.25) is 15.0 Å². The van der Waals surface area contributed by atoms with Crippen LogP contribution >= 0.6 is 0 Å². The number of rotatable bonds is 5. The third-order valence-corrected chi connectivity index (χ3v) is 4.88. The predicted molar refractivity (Wildman–Crippen MR) is 94.3 cm³/mol. The second-order valence-corrected chi connectivity index (χ2v) is 6.68. The fourth-order valence-corrected chi connectivity index (χ4v) is 3.43. The number of carbonyl (C=O) groups is 4. The number of imide groups is 1. The van der Waals surface area contributed by atoms with Gasteiger partial charge in [0, 0.05) is 0 Å². The minimum absolute atomic E-state index is 0.0796. The Balaban J connectivity index is 1.58. The predicted octanol–water partition coefficient (Wildman–Crippen LogP) is 0.843. The van der Waals surface area contributed by atoms with Crippen LogP contribution in [0.15, 0.2) is 18.2 Å². The summed E-state index contributed by atoms with van der Waals surface area (Å²) in [5, 5.41) is 13.2. The number of phenolic OH excluding ortho intramolecular Hbond substituents is 1. The number of hydrogen-bond donors (Lipinski definition) is 3. The van der Waals surface area contributed by atoms with E-state index in [2.05, 4.69) is 10.7 Å². The van der Waals surface area contributed by atoms with Crippen LogP contribution in [0, 0.1) is 0 Å². The first-order chi connectivity index (χ1) is 13.4. The lowest BCUT2D eigenvalue weighted by Crippen LogP contribution is -2.51. The summed E-state index contributed by atoms with van der Waals surface area (Å²) in [6.45, 7) is -0.737. The first-order valence-electron chi connectivity index (χ1n) is 8.87. The summed E-state index contributed by atoms with van der Waals surface area (Å²) in [5.74, 6) is -2.65. The zero-order chi connectivity index (χ0) is 20.3. The number of benzene rings is 1. The van der Waals surface area contributed by atoms with E-state index in [0.29, 0.717) is 17.9 Å². The average Bonchev–Trinajstić information content (AvgIpc) is 2.90. The van der Waals surface area contributed by atoms with Crippen LogP contribution in [-0.2, 0) is 14.3 Å². The van der Waals surface area contributed by atoms with Crippen LogP contribution in [0.2, 0.25) is 0 Å². The van der Waals surface area contributed by atoms with Crippen molar-refractivity contribution >= 4 is 23.8 Å². The minimum Gasteiger partial charge on any atom is -0.504 e. The van der Waals surface area contributed by atoms with E-state index in [-0.39, 0.29) is 11.3 Å². The summed E-state index contributed by atoms with van der Waals surface area (Å²) < 4.78 is 9.75. The highest BCUT2D eigenvalue weighted by Gasteiger charge is 2.52. The molecule has 1 aliphatic carbocycles. The molecule has 1 aromatic carbocycles. The maximum Gasteiger partial charge on any atom is 0.344 e. The van der Waals surface area contributed by atoms with Crippen molar-refractivity contribution in [2.45, 2.75) is 37.6 Å². The molecule has 1 heterocycles. The highest BCUT2D eigenvalue weighted by molar-refractivity contribution is 6.08. The number of phenols is 1. The summed E-state index contributed by atoms with van der Waals surface area (Å²) in [5.41, 5.74) is 1.02. The molecule has 0 radical (unpaired) electrons. The number of urea groups is 1. The Labute approximate surface area is 160 Å². The molecule has 3 N–H and O–H groups in total. The third-order valence-electron chi connectivity index (χ3n) is 4.88.